The first kappa shape index (κ1) is 28.5. The Morgan fingerprint density at radius 1 is 1.05 bits per heavy atom. The molecule has 38 heavy (non-hydrogen) atoms. The Morgan fingerprint density at radius 3 is 2.42 bits per heavy atom. The van der Waals surface area contributed by atoms with E-state index in [1.807, 2.05) is 24.3 Å². The van der Waals surface area contributed by atoms with Crippen LogP contribution in [0.15, 0.2) is 57.9 Å². The van der Waals surface area contributed by atoms with E-state index in [1.54, 1.807) is 12.1 Å². The summed E-state index contributed by atoms with van der Waals surface area (Å²) in [6.45, 7) is 5.11. The van der Waals surface area contributed by atoms with Gasteiger partial charge >= 0.3 is 5.97 Å². The van der Waals surface area contributed by atoms with Crippen LogP contribution in [0.2, 0.25) is 0 Å². The SMILES string of the molecule is O=C(ONCc1ccc(Br)cc1)C1(S(=O)(=O)c2ccc(OCC#CCN3CCOCC3)cc2)CCNCC1. The van der Waals surface area contributed by atoms with E-state index in [0.29, 0.717) is 25.4 Å². The molecule has 0 unspecified atom stereocenters. The van der Waals surface area contributed by atoms with Crippen LogP contribution in [-0.4, -0.2) is 76.6 Å². The van der Waals surface area contributed by atoms with Gasteiger partial charge in [-0.15, -0.1) is 5.48 Å². The number of ether oxygens (including phenoxy) is 2. The molecule has 2 fully saturated rings. The fourth-order valence-corrected chi connectivity index (χ4v) is 6.54. The van der Waals surface area contributed by atoms with Crippen molar-refractivity contribution in [2.75, 3.05) is 52.5 Å². The number of sulfone groups is 1. The molecule has 2 aliphatic rings. The minimum Gasteiger partial charge on any atom is -0.481 e. The Bertz CT molecular complexity index is 1230. The van der Waals surface area contributed by atoms with Crippen LogP contribution in [0.3, 0.4) is 0 Å². The van der Waals surface area contributed by atoms with Crippen LogP contribution in [0.5, 0.6) is 5.75 Å². The summed E-state index contributed by atoms with van der Waals surface area (Å²) in [5.74, 6) is 5.77. The van der Waals surface area contributed by atoms with Crippen LogP contribution >= 0.6 is 15.9 Å². The first-order valence-electron chi connectivity index (χ1n) is 12.5. The van der Waals surface area contributed by atoms with Crippen molar-refractivity contribution in [2.45, 2.75) is 29.0 Å². The number of nitrogens with one attached hydrogen (secondary N) is 2. The van der Waals surface area contributed by atoms with Gasteiger partial charge in [-0.25, -0.2) is 13.2 Å². The first-order valence-corrected chi connectivity index (χ1v) is 14.8. The van der Waals surface area contributed by atoms with Crippen molar-refractivity contribution in [2.24, 2.45) is 0 Å². The molecule has 2 heterocycles. The Hall–Kier alpha value is -2.46. The maximum Gasteiger partial charge on any atom is 0.346 e. The summed E-state index contributed by atoms with van der Waals surface area (Å²) in [4.78, 5) is 20.8. The second-order valence-corrected chi connectivity index (χ2v) is 12.3. The molecule has 11 heteroatoms. The average molecular weight is 607 g/mol. The largest absolute Gasteiger partial charge is 0.481 e. The van der Waals surface area contributed by atoms with Crippen molar-refractivity contribution >= 4 is 31.7 Å². The zero-order valence-corrected chi connectivity index (χ0v) is 23.5. The molecule has 0 radical (unpaired) electrons. The molecule has 2 saturated heterocycles. The molecule has 2 aliphatic heterocycles. The third kappa shape index (κ3) is 7.14. The van der Waals surface area contributed by atoms with Gasteiger partial charge in [0.05, 0.1) is 31.2 Å². The zero-order chi connectivity index (χ0) is 26.8. The molecule has 2 aromatic rings. The molecule has 0 amide bonds. The van der Waals surface area contributed by atoms with Gasteiger partial charge in [0, 0.05) is 17.6 Å². The number of hydrogen-bond acceptors (Lipinski definition) is 9. The second-order valence-electron chi connectivity index (χ2n) is 9.09. The number of nitrogens with zero attached hydrogens (tertiary/aromatic N) is 1. The van der Waals surface area contributed by atoms with Crippen LogP contribution in [0, 0.1) is 11.8 Å². The topological polar surface area (TPSA) is 106 Å². The van der Waals surface area contributed by atoms with Gasteiger partial charge in [0.25, 0.3) is 0 Å². The summed E-state index contributed by atoms with van der Waals surface area (Å²) in [5, 5.41) is 3.13. The molecule has 0 aliphatic carbocycles. The normalized spacial score (nSPS) is 17.7. The van der Waals surface area contributed by atoms with Crippen LogP contribution < -0.4 is 15.5 Å². The molecule has 0 atom stereocenters. The van der Waals surface area contributed by atoms with Crippen molar-refractivity contribution in [1.82, 2.24) is 15.7 Å². The average Bonchev–Trinajstić information content (AvgIpc) is 2.95. The third-order valence-electron chi connectivity index (χ3n) is 6.63. The maximum absolute atomic E-state index is 13.7. The smallest absolute Gasteiger partial charge is 0.346 e. The Morgan fingerprint density at radius 2 is 1.74 bits per heavy atom. The van der Waals surface area contributed by atoms with Crippen LogP contribution in [0.4, 0.5) is 0 Å². The van der Waals surface area contributed by atoms with Crippen molar-refractivity contribution in [3.8, 4) is 17.6 Å². The molecule has 9 nitrogen and oxygen atoms in total. The van der Waals surface area contributed by atoms with E-state index in [2.05, 4.69) is 43.5 Å². The van der Waals surface area contributed by atoms with Gasteiger partial charge in [0.15, 0.2) is 14.6 Å². The number of morpholine rings is 1. The fourth-order valence-electron chi connectivity index (χ4n) is 4.33. The second kappa shape index (κ2) is 13.6. The van der Waals surface area contributed by atoms with E-state index in [0.717, 1.165) is 36.3 Å². The molecular formula is C27H32BrN3O6S. The number of carbonyl (C=O) groups excluding carboxylic acids is 1. The zero-order valence-electron chi connectivity index (χ0n) is 21.1. The van der Waals surface area contributed by atoms with Crippen molar-refractivity contribution in [1.29, 1.82) is 0 Å². The minimum absolute atomic E-state index is 0.0509. The molecular weight excluding hydrogens is 574 g/mol. The van der Waals surface area contributed by atoms with Crippen LogP contribution in [0.25, 0.3) is 0 Å². The summed E-state index contributed by atoms with van der Waals surface area (Å²) in [5.41, 5.74) is 3.53. The van der Waals surface area contributed by atoms with E-state index in [4.69, 9.17) is 14.3 Å². The highest BCUT2D eigenvalue weighted by Gasteiger charge is 2.53. The van der Waals surface area contributed by atoms with Gasteiger partial charge in [-0.05, 0) is 67.9 Å². The Labute approximate surface area is 232 Å². The molecule has 0 saturated carbocycles. The van der Waals surface area contributed by atoms with E-state index in [9.17, 15) is 13.2 Å². The number of halogens is 1. The predicted molar refractivity (Wildman–Crippen MR) is 146 cm³/mol. The van der Waals surface area contributed by atoms with Crippen LogP contribution in [0.1, 0.15) is 18.4 Å². The molecule has 0 aromatic heterocycles. The summed E-state index contributed by atoms with van der Waals surface area (Å²) < 4.78 is 37.7. The molecule has 204 valence electrons. The number of piperidine rings is 1. The van der Waals surface area contributed by atoms with E-state index in [1.165, 1.54) is 12.1 Å². The van der Waals surface area contributed by atoms with Gasteiger partial charge in [-0.3, -0.25) is 4.90 Å². The molecule has 2 aromatic carbocycles. The van der Waals surface area contributed by atoms with Crippen molar-refractivity contribution in [3.05, 3.63) is 58.6 Å². The molecule has 0 bridgehead atoms. The lowest BCUT2D eigenvalue weighted by molar-refractivity contribution is -0.155. The van der Waals surface area contributed by atoms with Crippen molar-refractivity contribution < 1.29 is 27.5 Å². The highest BCUT2D eigenvalue weighted by atomic mass is 79.9. The third-order valence-corrected chi connectivity index (χ3v) is 9.65. The monoisotopic (exact) mass is 605 g/mol. The van der Waals surface area contributed by atoms with Gasteiger partial charge < -0.3 is 19.6 Å². The Balaban J connectivity index is 1.37. The first-order chi connectivity index (χ1) is 18.4. The lowest BCUT2D eigenvalue weighted by Gasteiger charge is -2.34. The summed E-state index contributed by atoms with van der Waals surface area (Å²) in [7, 11) is -4.04. The quantitative estimate of drug-likeness (QED) is 0.329. The van der Waals surface area contributed by atoms with Gasteiger partial charge in [-0.2, -0.15) is 0 Å². The highest BCUT2D eigenvalue weighted by molar-refractivity contribution is 9.10. The maximum atomic E-state index is 13.7. The highest BCUT2D eigenvalue weighted by Crippen LogP contribution is 2.35. The predicted octanol–water partition coefficient (Wildman–Crippen LogP) is 2.31. The van der Waals surface area contributed by atoms with E-state index < -0.39 is 20.6 Å². The van der Waals surface area contributed by atoms with Gasteiger partial charge in [0.1, 0.15) is 12.4 Å². The number of carbonyl (C=O) groups is 1. The lowest BCUT2D eigenvalue weighted by atomic mass is 9.97. The molecule has 2 N–H and O–H groups in total. The van der Waals surface area contributed by atoms with E-state index in [-0.39, 0.29) is 30.9 Å². The summed E-state index contributed by atoms with van der Waals surface area (Å²) >= 11 is 3.38. The van der Waals surface area contributed by atoms with Crippen molar-refractivity contribution in [3.63, 3.8) is 0 Å². The van der Waals surface area contributed by atoms with Gasteiger partial charge in [0.2, 0.25) is 0 Å². The summed E-state index contributed by atoms with van der Waals surface area (Å²) in [6.07, 6.45) is 0.232. The number of rotatable bonds is 9. The number of benzene rings is 2. The summed E-state index contributed by atoms with van der Waals surface area (Å²) in [6, 6.07) is 13.6. The van der Waals surface area contributed by atoms with Crippen LogP contribution in [-0.2, 0) is 30.8 Å². The molecule has 0 spiro atoms. The standard InChI is InChI=1S/C27H32BrN3O6S/c28-23-5-3-22(4-6-23)21-30-37-26(32)27(11-13-29-14-12-27)38(33,34)25-9-7-24(8-10-25)36-18-2-1-15-31-16-19-35-20-17-31/h3-10,29-30H,11-21H2. The van der Waals surface area contributed by atoms with E-state index >= 15 is 0 Å². The lowest BCUT2D eigenvalue weighted by Crippen LogP contribution is -2.55. The van der Waals surface area contributed by atoms with Gasteiger partial charge in [-0.1, -0.05) is 39.9 Å². The molecule has 4 rings (SSSR count). The minimum atomic E-state index is -4.04. The number of hydroxylamine groups is 1. The fraction of sp³-hybridized carbons (Fsp3) is 0.444. The Kier molecular flexibility index (Phi) is 10.2. The number of hydrogen-bond donors (Lipinski definition) is 2.